The zero-order chi connectivity index (χ0) is 7.78. The maximum atomic E-state index is 12.7. The second kappa shape index (κ2) is 2.43. The topological polar surface area (TPSA) is 12.5 Å². The van der Waals surface area contributed by atoms with Crippen molar-refractivity contribution in [3.63, 3.8) is 0 Å². The number of likely N-dealkylation sites (tertiary alicyclic amines) is 1. The van der Waals surface area contributed by atoms with Crippen molar-refractivity contribution in [1.29, 1.82) is 0 Å². The predicted octanol–water partition coefficient (Wildman–Crippen LogP) is 0.582. The standard InChI is InChI=1S/C6H11F2NO/c1-9-3-5(10-2)6(7,8)4-9/h5H,3-4H2,1-2H3. The molecule has 0 saturated carbocycles. The van der Waals surface area contributed by atoms with Crippen molar-refractivity contribution in [1.82, 2.24) is 4.90 Å². The first-order chi connectivity index (χ1) is 4.56. The molecule has 60 valence electrons. The Morgan fingerprint density at radius 3 is 2.40 bits per heavy atom. The van der Waals surface area contributed by atoms with Crippen LogP contribution < -0.4 is 0 Å². The van der Waals surface area contributed by atoms with Gasteiger partial charge < -0.3 is 4.74 Å². The van der Waals surface area contributed by atoms with Crippen molar-refractivity contribution >= 4 is 0 Å². The van der Waals surface area contributed by atoms with E-state index in [1.807, 2.05) is 0 Å². The predicted molar refractivity (Wildman–Crippen MR) is 33.2 cm³/mol. The zero-order valence-electron chi connectivity index (χ0n) is 6.10. The van der Waals surface area contributed by atoms with Crippen molar-refractivity contribution in [3.8, 4) is 0 Å². The lowest BCUT2D eigenvalue weighted by Gasteiger charge is -2.14. The maximum absolute atomic E-state index is 12.7. The lowest BCUT2D eigenvalue weighted by Crippen LogP contribution is -2.32. The SMILES string of the molecule is COC1CN(C)CC1(F)F. The lowest BCUT2D eigenvalue weighted by molar-refractivity contribution is -0.0898. The fourth-order valence-electron chi connectivity index (χ4n) is 1.19. The number of methoxy groups -OCH3 is 1. The Kier molecular flexibility index (Phi) is 1.92. The van der Waals surface area contributed by atoms with E-state index in [0.717, 1.165) is 0 Å². The van der Waals surface area contributed by atoms with Crippen LogP contribution in [0.15, 0.2) is 0 Å². The van der Waals surface area contributed by atoms with Gasteiger partial charge in [0, 0.05) is 13.7 Å². The molecule has 0 aromatic rings. The van der Waals surface area contributed by atoms with Crippen LogP contribution in [-0.2, 0) is 4.74 Å². The molecule has 1 aliphatic heterocycles. The van der Waals surface area contributed by atoms with Gasteiger partial charge >= 0.3 is 0 Å². The molecule has 0 spiro atoms. The van der Waals surface area contributed by atoms with E-state index in [0.29, 0.717) is 6.54 Å². The Labute approximate surface area is 58.8 Å². The monoisotopic (exact) mass is 151 g/mol. The maximum Gasteiger partial charge on any atom is 0.287 e. The van der Waals surface area contributed by atoms with Gasteiger partial charge in [-0.05, 0) is 7.05 Å². The van der Waals surface area contributed by atoms with Gasteiger partial charge in [-0.15, -0.1) is 0 Å². The number of halogens is 2. The van der Waals surface area contributed by atoms with Gasteiger partial charge in [0.15, 0.2) is 0 Å². The largest absolute Gasteiger partial charge is 0.374 e. The number of hydrogen-bond donors (Lipinski definition) is 0. The number of rotatable bonds is 1. The van der Waals surface area contributed by atoms with Gasteiger partial charge in [-0.3, -0.25) is 4.90 Å². The third-order valence-electron chi connectivity index (χ3n) is 1.71. The zero-order valence-corrected chi connectivity index (χ0v) is 6.10. The summed E-state index contributed by atoms with van der Waals surface area (Å²) in [6, 6.07) is 0. The van der Waals surface area contributed by atoms with E-state index in [2.05, 4.69) is 4.74 Å². The molecule has 1 saturated heterocycles. The lowest BCUT2D eigenvalue weighted by atomic mass is 10.2. The molecule has 0 amide bonds. The molecule has 2 nitrogen and oxygen atoms in total. The third kappa shape index (κ3) is 1.27. The van der Waals surface area contributed by atoms with Gasteiger partial charge in [-0.25, -0.2) is 8.78 Å². The molecule has 4 heteroatoms. The van der Waals surface area contributed by atoms with Crippen LogP contribution >= 0.6 is 0 Å². The summed E-state index contributed by atoms with van der Waals surface area (Å²) in [7, 11) is 2.98. The minimum Gasteiger partial charge on any atom is -0.374 e. The van der Waals surface area contributed by atoms with Gasteiger partial charge in [0.2, 0.25) is 0 Å². The van der Waals surface area contributed by atoms with Crippen molar-refractivity contribution in [2.75, 3.05) is 27.2 Å². The Hall–Kier alpha value is -0.220. The van der Waals surface area contributed by atoms with Crippen LogP contribution in [0.1, 0.15) is 0 Å². The molecule has 1 unspecified atom stereocenters. The average molecular weight is 151 g/mol. The van der Waals surface area contributed by atoms with Gasteiger partial charge in [0.1, 0.15) is 6.10 Å². The van der Waals surface area contributed by atoms with Gasteiger partial charge in [-0.1, -0.05) is 0 Å². The number of likely N-dealkylation sites (N-methyl/N-ethyl adjacent to an activating group) is 1. The normalized spacial score (nSPS) is 33.0. The third-order valence-corrected chi connectivity index (χ3v) is 1.71. The van der Waals surface area contributed by atoms with Gasteiger partial charge in [-0.2, -0.15) is 0 Å². The van der Waals surface area contributed by atoms with Crippen molar-refractivity contribution in [2.45, 2.75) is 12.0 Å². The Bertz CT molecular complexity index is 129. The molecule has 0 bridgehead atoms. The molecule has 0 aromatic heterocycles. The molecule has 1 atom stereocenters. The summed E-state index contributed by atoms with van der Waals surface area (Å²) in [5.41, 5.74) is 0. The first kappa shape index (κ1) is 7.88. The van der Waals surface area contributed by atoms with E-state index in [1.54, 1.807) is 11.9 Å². The Morgan fingerprint density at radius 1 is 1.60 bits per heavy atom. The second-order valence-electron chi connectivity index (χ2n) is 2.68. The van der Waals surface area contributed by atoms with Crippen molar-refractivity contribution in [2.24, 2.45) is 0 Å². The highest BCUT2D eigenvalue weighted by atomic mass is 19.3. The highest BCUT2D eigenvalue weighted by molar-refractivity contribution is 4.89. The quantitative estimate of drug-likeness (QED) is 0.543. The summed E-state index contributed by atoms with van der Waals surface area (Å²) in [6.07, 6.45) is -0.919. The Balaban J connectivity index is 2.58. The number of ether oxygens (including phenoxy) is 1. The van der Waals surface area contributed by atoms with Crippen LogP contribution in [0.5, 0.6) is 0 Å². The van der Waals surface area contributed by atoms with E-state index >= 15 is 0 Å². The number of nitrogens with zero attached hydrogens (tertiary/aromatic N) is 1. The van der Waals surface area contributed by atoms with E-state index in [1.165, 1.54) is 7.11 Å². The fraction of sp³-hybridized carbons (Fsp3) is 1.00. The molecule has 1 aliphatic rings. The Morgan fingerprint density at radius 2 is 2.20 bits per heavy atom. The van der Waals surface area contributed by atoms with E-state index in [-0.39, 0.29) is 6.54 Å². The molecule has 1 fully saturated rings. The van der Waals surface area contributed by atoms with E-state index in [9.17, 15) is 8.78 Å². The fourth-order valence-corrected chi connectivity index (χ4v) is 1.19. The molecule has 0 radical (unpaired) electrons. The summed E-state index contributed by atoms with van der Waals surface area (Å²) >= 11 is 0. The molecular weight excluding hydrogens is 140 g/mol. The molecule has 10 heavy (non-hydrogen) atoms. The van der Waals surface area contributed by atoms with Crippen molar-refractivity contribution < 1.29 is 13.5 Å². The van der Waals surface area contributed by atoms with Gasteiger partial charge in [0.25, 0.3) is 5.92 Å². The number of alkyl halides is 2. The summed E-state index contributed by atoms with van der Waals surface area (Å²) in [5, 5.41) is 0. The highest BCUT2D eigenvalue weighted by Crippen LogP contribution is 2.28. The first-order valence-electron chi connectivity index (χ1n) is 3.15. The summed E-state index contributed by atoms with van der Waals surface area (Å²) in [6.45, 7) is 0.134. The molecule has 1 rings (SSSR count). The van der Waals surface area contributed by atoms with Crippen LogP contribution in [0.4, 0.5) is 8.78 Å². The molecule has 0 aliphatic carbocycles. The van der Waals surface area contributed by atoms with E-state index < -0.39 is 12.0 Å². The van der Waals surface area contributed by atoms with Crippen LogP contribution in [0, 0.1) is 0 Å². The molecule has 0 N–H and O–H groups in total. The number of hydrogen-bond acceptors (Lipinski definition) is 2. The summed E-state index contributed by atoms with van der Waals surface area (Å²) < 4.78 is 30.0. The minimum absolute atomic E-state index is 0.189. The smallest absolute Gasteiger partial charge is 0.287 e. The van der Waals surface area contributed by atoms with Crippen molar-refractivity contribution in [3.05, 3.63) is 0 Å². The van der Waals surface area contributed by atoms with Crippen LogP contribution in [-0.4, -0.2) is 44.2 Å². The highest BCUT2D eigenvalue weighted by Gasteiger charge is 2.46. The van der Waals surface area contributed by atoms with Crippen LogP contribution in [0.25, 0.3) is 0 Å². The van der Waals surface area contributed by atoms with Crippen LogP contribution in [0.2, 0.25) is 0 Å². The van der Waals surface area contributed by atoms with E-state index in [4.69, 9.17) is 0 Å². The molecule has 1 heterocycles. The molecular formula is C6H11F2NO. The second-order valence-corrected chi connectivity index (χ2v) is 2.68. The molecule has 0 aromatic carbocycles. The summed E-state index contributed by atoms with van der Waals surface area (Å²) in [4.78, 5) is 1.56. The van der Waals surface area contributed by atoms with Crippen LogP contribution in [0.3, 0.4) is 0 Å². The first-order valence-corrected chi connectivity index (χ1v) is 3.15. The van der Waals surface area contributed by atoms with Gasteiger partial charge in [0.05, 0.1) is 6.54 Å². The average Bonchev–Trinajstić information content (AvgIpc) is 2.04. The minimum atomic E-state index is -2.66. The summed E-state index contributed by atoms with van der Waals surface area (Å²) in [5.74, 6) is -2.66.